The second kappa shape index (κ2) is 18.5. The molecule has 1 unspecified atom stereocenters. The molecule has 0 saturated heterocycles. The standard InChI is InChI=1S/C66H54N6/c1-6-10-19-45-28-32-51-57(40-45)69(49-22-15-13-16-23-49)65-63(51)53-34-30-47(21-12-8-3)42-59(53)71(65)61-38-36-56-55(67-61)37-39-62(68-56)72-60-43-48(27-26-44(5)9-4)31-35-54(60)64-52-33-29-46(20-11-7-2)41-58(52)70(66(64)72)50-24-17-14-18-25-50/h11,13-18,20,22-44H,6-9H2,1-5H3/b20-11+,27-26+. The summed E-state index contributed by atoms with van der Waals surface area (Å²) < 4.78 is 9.48. The summed E-state index contributed by atoms with van der Waals surface area (Å²) in [5, 5.41) is 7.04. The van der Waals surface area contributed by atoms with Gasteiger partial charge < -0.3 is 0 Å². The topological polar surface area (TPSA) is 45.5 Å². The van der Waals surface area contributed by atoms with Crippen molar-refractivity contribution in [2.45, 2.75) is 60.3 Å². The molecule has 0 radical (unpaired) electrons. The minimum absolute atomic E-state index is 0.478. The summed E-state index contributed by atoms with van der Waals surface area (Å²) in [4.78, 5) is 11.1. The largest absolute Gasteiger partial charge is 0.295 e. The number of benzene rings is 6. The highest BCUT2D eigenvalue weighted by molar-refractivity contribution is 6.24. The number of aromatic nitrogens is 6. The van der Waals surface area contributed by atoms with E-state index in [1.165, 1.54) is 21.7 Å². The Labute approximate surface area is 420 Å². The van der Waals surface area contributed by atoms with Crippen LogP contribution in [0.4, 0.5) is 0 Å². The smallest absolute Gasteiger partial charge is 0.139 e. The molecular weight excluding hydrogens is 877 g/mol. The van der Waals surface area contributed by atoms with E-state index in [0.717, 1.165) is 126 Å². The van der Waals surface area contributed by atoms with Crippen LogP contribution < -0.4 is 0 Å². The molecule has 12 aromatic rings. The lowest BCUT2D eigenvalue weighted by Gasteiger charge is -2.14. The third-order valence-corrected chi connectivity index (χ3v) is 14.0. The summed E-state index contributed by atoms with van der Waals surface area (Å²) >= 11 is 0. The molecule has 0 N–H and O–H groups in total. The van der Waals surface area contributed by atoms with E-state index in [2.05, 4.69) is 259 Å². The zero-order valence-corrected chi connectivity index (χ0v) is 41.4. The van der Waals surface area contributed by atoms with Gasteiger partial charge in [-0.2, -0.15) is 0 Å². The third-order valence-electron chi connectivity index (χ3n) is 14.0. The molecule has 12 rings (SSSR count). The Balaban J connectivity index is 1.12. The molecule has 6 aromatic carbocycles. The van der Waals surface area contributed by atoms with Gasteiger partial charge in [-0.3, -0.25) is 18.3 Å². The minimum Gasteiger partial charge on any atom is -0.295 e. The molecule has 0 aliphatic heterocycles. The highest BCUT2D eigenvalue weighted by atomic mass is 15.2. The normalized spacial score (nSPS) is 12.3. The molecule has 0 bridgehead atoms. The van der Waals surface area contributed by atoms with Gasteiger partial charge in [0, 0.05) is 67.7 Å². The van der Waals surface area contributed by atoms with Crippen molar-refractivity contribution in [2.24, 2.45) is 5.92 Å². The summed E-state index contributed by atoms with van der Waals surface area (Å²) in [6, 6.07) is 56.9. The number of para-hydroxylation sites is 2. The predicted octanol–water partition coefficient (Wildman–Crippen LogP) is 16.7. The molecule has 348 valence electrons. The molecule has 0 fully saturated rings. The van der Waals surface area contributed by atoms with Crippen molar-refractivity contribution in [1.82, 2.24) is 28.2 Å². The van der Waals surface area contributed by atoms with E-state index in [1.807, 2.05) is 0 Å². The maximum absolute atomic E-state index is 5.54. The first-order valence-corrected chi connectivity index (χ1v) is 25.4. The van der Waals surface area contributed by atoms with Gasteiger partial charge in [-0.1, -0.05) is 162 Å². The summed E-state index contributed by atoms with van der Waals surface area (Å²) in [6.07, 6.45) is 12.7. The lowest BCUT2D eigenvalue weighted by molar-refractivity contribution is 0.701. The summed E-state index contributed by atoms with van der Waals surface area (Å²) in [5.41, 5.74) is 14.5. The molecule has 0 spiro atoms. The molecule has 0 aliphatic rings. The first kappa shape index (κ1) is 44.4. The Morgan fingerprint density at radius 2 is 0.917 bits per heavy atom. The van der Waals surface area contributed by atoms with Crippen LogP contribution in [0.3, 0.4) is 0 Å². The number of allylic oxidation sites excluding steroid dienone is 2. The maximum atomic E-state index is 5.54. The van der Waals surface area contributed by atoms with Gasteiger partial charge in [0.25, 0.3) is 0 Å². The summed E-state index contributed by atoms with van der Waals surface area (Å²) in [5.74, 6) is 15.5. The Bertz CT molecular complexity index is 4280. The molecular formula is C66H54N6. The highest BCUT2D eigenvalue weighted by Gasteiger charge is 2.26. The Morgan fingerprint density at radius 3 is 1.39 bits per heavy atom. The zero-order chi connectivity index (χ0) is 48.9. The second-order valence-electron chi connectivity index (χ2n) is 18.7. The van der Waals surface area contributed by atoms with Crippen LogP contribution in [-0.4, -0.2) is 28.2 Å². The first-order chi connectivity index (χ1) is 35.5. The summed E-state index contributed by atoms with van der Waals surface area (Å²) in [7, 11) is 0. The van der Waals surface area contributed by atoms with Gasteiger partial charge in [-0.15, -0.1) is 0 Å². The fourth-order valence-electron chi connectivity index (χ4n) is 10.4. The van der Waals surface area contributed by atoms with Gasteiger partial charge in [0.15, 0.2) is 0 Å². The fourth-order valence-corrected chi connectivity index (χ4v) is 10.4. The van der Waals surface area contributed by atoms with Crippen LogP contribution in [-0.2, 0) is 0 Å². The van der Waals surface area contributed by atoms with Crippen LogP contribution in [0.2, 0.25) is 0 Å². The molecule has 1 atom stereocenters. The minimum atomic E-state index is 0.478. The van der Waals surface area contributed by atoms with Crippen molar-refractivity contribution in [3.8, 4) is 46.7 Å². The van der Waals surface area contributed by atoms with E-state index in [4.69, 9.17) is 9.97 Å². The van der Waals surface area contributed by atoms with Crippen molar-refractivity contribution in [1.29, 1.82) is 0 Å². The molecule has 0 amide bonds. The number of hydrogen-bond donors (Lipinski definition) is 0. The van der Waals surface area contributed by atoms with Gasteiger partial charge in [0.05, 0.1) is 33.1 Å². The number of fused-ring (bicyclic) bond motifs is 11. The van der Waals surface area contributed by atoms with Crippen molar-refractivity contribution in [3.05, 3.63) is 192 Å². The van der Waals surface area contributed by atoms with Gasteiger partial charge in [-0.05, 0) is 108 Å². The monoisotopic (exact) mass is 930 g/mol. The molecule has 6 aromatic heterocycles. The van der Waals surface area contributed by atoms with Crippen LogP contribution in [0.25, 0.3) is 112 Å². The molecule has 6 nitrogen and oxygen atoms in total. The molecule has 6 heteroatoms. The van der Waals surface area contributed by atoms with Gasteiger partial charge in [-0.25, -0.2) is 9.97 Å². The SMILES string of the molecule is CCC#Cc1ccc2c3c4ccc(C#CCC)cc4n(-c4ccc5nc(-n6c7cc(/C=C/C(C)CC)ccc7c7c8ccc(/C=C/CC)cc8n(-c8ccccc8)c76)ccc5n4)c3n(-c3ccccc3)c2c1. The van der Waals surface area contributed by atoms with Gasteiger partial charge in [0.2, 0.25) is 0 Å². The van der Waals surface area contributed by atoms with Crippen molar-refractivity contribution < 1.29 is 0 Å². The highest BCUT2D eigenvalue weighted by Crippen LogP contribution is 2.43. The van der Waals surface area contributed by atoms with Crippen molar-refractivity contribution in [2.75, 3.05) is 0 Å². The number of nitrogens with zero attached hydrogens (tertiary/aromatic N) is 6. The Hall–Kier alpha value is -8.84. The fraction of sp³-hybridized carbons (Fsp3) is 0.152. The van der Waals surface area contributed by atoms with E-state index in [1.54, 1.807) is 0 Å². The lowest BCUT2D eigenvalue weighted by Crippen LogP contribution is -2.05. The van der Waals surface area contributed by atoms with E-state index in [0.29, 0.717) is 5.92 Å². The van der Waals surface area contributed by atoms with Crippen molar-refractivity contribution >= 4 is 88.9 Å². The predicted molar refractivity (Wildman–Crippen MR) is 304 cm³/mol. The van der Waals surface area contributed by atoms with Crippen molar-refractivity contribution in [3.63, 3.8) is 0 Å². The zero-order valence-electron chi connectivity index (χ0n) is 41.4. The van der Waals surface area contributed by atoms with Crippen LogP contribution in [0, 0.1) is 29.6 Å². The number of rotatable bonds is 9. The van der Waals surface area contributed by atoms with Gasteiger partial charge in [0.1, 0.15) is 22.9 Å². The van der Waals surface area contributed by atoms with Crippen LogP contribution in [0.1, 0.15) is 82.6 Å². The first-order valence-electron chi connectivity index (χ1n) is 25.4. The summed E-state index contributed by atoms with van der Waals surface area (Å²) in [6.45, 7) is 10.9. The molecule has 6 heterocycles. The van der Waals surface area contributed by atoms with Gasteiger partial charge >= 0.3 is 0 Å². The average molecular weight is 931 g/mol. The van der Waals surface area contributed by atoms with E-state index in [-0.39, 0.29) is 0 Å². The molecule has 0 saturated carbocycles. The molecule has 72 heavy (non-hydrogen) atoms. The third kappa shape index (κ3) is 7.47. The number of hydrogen-bond acceptors (Lipinski definition) is 2. The lowest BCUT2D eigenvalue weighted by atomic mass is 10.0. The van der Waals surface area contributed by atoms with E-state index >= 15 is 0 Å². The van der Waals surface area contributed by atoms with E-state index in [9.17, 15) is 0 Å². The van der Waals surface area contributed by atoms with Crippen LogP contribution in [0.15, 0.2) is 170 Å². The second-order valence-corrected chi connectivity index (χ2v) is 18.7. The quantitative estimate of drug-likeness (QED) is 0.135. The van der Waals surface area contributed by atoms with Crippen LogP contribution in [0.5, 0.6) is 0 Å². The Kier molecular flexibility index (Phi) is 11.4. The van der Waals surface area contributed by atoms with Crippen LogP contribution >= 0.6 is 0 Å². The average Bonchev–Trinajstić information content (AvgIpc) is 4.14. The molecule has 0 aliphatic carbocycles. The Morgan fingerprint density at radius 1 is 0.472 bits per heavy atom. The van der Waals surface area contributed by atoms with E-state index < -0.39 is 0 Å². The maximum Gasteiger partial charge on any atom is 0.139 e. The number of pyridine rings is 2.